The maximum Gasteiger partial charge on any atom is 0.230 e. The topological polar surface area (TPSA) is 47.9 Å². The van der Waals surface area contributed by atoms with Crippen LogP contribution in [0.4, 0.5) is 0 Å². The monoisotopic (exact) mass is 548 g/mol. The minimum absolute atomic E-state index is 0.160. The van der Waals surface area contributed by atoms with Crippen molar-refractivity contribution in [2.75, 3.05) is 13.9 Å². The molecule has 0 atom stereocenters. The van der Waals surface area contributed by atoms with Crippen LogP contribution >= 0.6 is 0 Å². The quantitative estimate of drug-likeness (QED) is 0.218. The van der Waals surface area contributed by atoms with Gasteiger partial charge in [-0.05, 0) is 92.3 Å². The minimum Gasteiger partial charge on any atom is -0.508 e. The third-order valence-corrected chi connectivity index (χ3v) is 7.64. The van der Waals surface area contributed by atoms with Gasteiger partial charge in [-0.2, -0.15) is 0 Å². The molecule has 0 unspecified atom stereocenters. The van der Waals surface area contributed by atoms with Gasteiger partial charge in [-0.15, -0.1) is 0 Å². The van der Waals surface area contributed by atoms with Crippen LogP contribution in [-0.2, 0) is 0 Å². The van der Waals surface area contributed by atoms with Gasteiger partial charge in [-0.1, -0.05) is 85.0 Å². The van der Waals surface area contributed by atoms with Crippen LogP contribution in [0.25, 0.3) is 57.0 Å². The average molecular weight is 549 g/mol. The van der Waals surface area contributed by atoms with E-state index in [9.17, 15) is 5.11 Å². The summed E-state index contributed by atoms with van der Waals surface area (Å²) in [5.41, 5.74) is 6.44. The smallest absolute Gasteiger partial charge is 0.230 e. The van der Waals surface area contributed by atoms with Crippen molar-refractivity contribution in [2.24, 2.45) is 0 Å². The number of aromatic hydroxyl groups is 1. The summed E-state index contributed by atoms with van der Waals surface area (Å²) in [7, 11) is 1.68. The Morgan fingerprint density at radius 2 is 1.00 bits per heavy atom. The highest BCUT2D eigenvalue weighted by atomic mass is 16.7. The Hall–Kier alpha value is -5.48. The molecule has 7 rings (SSSR count). The molecule has 0 fully saturated rings. The van der Waals surface area contributed by atoms with Crippen LogP contribution in [0.5, 0.6) is 23.0 Å². The van der Waals surface area contributed by atoms with Gasteiger partial charge in [0.05, 0.1) is 7.11 Å². The molecule has 4 heteroatoms. The van der Waals surface area contributed by atoms with E-state index in [1.165, 1.54) is 0 Å². The summed E-state index contributed by atoms with van der Waals surface area (Å²) in [6.45, 7) is 0.160. The van der Waals surface area contributed by atoms with Gasteiger partial charge in [0.1, 0.15) is 23.0 Å². The fourth-order valence-corrected chi connectivity index (χ4v) is 5.46. The van der Waals surface area contributed by atoms with Crippen molar-refractivity contribution in [3.63, 3.8) is 0 Å². The molecule has 204 valence electrons. The van der Waals surface area contributed by atoms with Crippen LogP contribution in [0.15, 0.2) is 109 Å². The van der Waals surface area contributed by atoms with Crippen molar-refractivity contribution in [3.05, 3.63) is 131 Å². The molecule has 0 spiro atoms. The lowest BCUT2D eigenvalue weighted by molar-refractivity contribution is 0.125. The summed E-state index contributed by atoms with van der Waals surface area (Å²) in [5.74, 6) is 2.73. The summed E-state index contributed by atoms with van der Waals surface area (Å²) in [6.07, 6.45) is 8.37. The van der Waals surface area contributed by atoms with Crippen LogP contribution in [0, 0.1) is 0 Å². The molecule has 0 aliphatic carbocycles. The summed E-state index contributed by atoms with van der Waals surface area (Å²) < 4.78 is 17.4. The molecular weight excluding hydrogens is 520 g/mol. The van der Waals surface area contributed by atoms with E-state index in [0.717, 1.165) is 72.2 Å². The molecule has 6 aromatic carbocycles. The second kappa shape index (κ2) is 10.8. The maximum absolute atomic E-state index is 9.56. The first-order valence-corrected chi connectivity index (χ1v) is 13.8. The Kier molecular flexibility index (Phi) is 6.57. The Balaban J connectivity index is 1.28. The average Bonchev–Trinajstić information content (AvgIpc) is 3.23. The molecule has 42 heavy (non-hydrogen) atoms. The van der Waals surface area contributed by atoms with Gasteiger partial charge in [0.2, 0.25) is 6.79 Å². The molecule has 0 bridgehead atoms. The Labute approximate surface area is 244 Å². The third kappa shape index (κ3) is 4.95. The maximum atomic E-state index is 9.56. The van der Waals surface area contributed by atoms with Gasteiger partial charge in [-0.25, -0.2) is 0 Å². The van der Waals surface area contributed by atoms with Crippen molar-refractivity contribution in [1.29, 1.82) is 0 Å². The number of fused-ring (bicyclic) bond motifs is 7. The van der Waals surface area contributed by atoms with Crippen molar-refractivity contribution in [3.8, 4) is 34.1 Å². The predicted octanol–water partition coefficient (Wildman–Crippen LogP) is 9.44. The van der Waals surface area contributed by atoms with E-state index in [-0.39, 0.29) is 12.5 Å². The van der Waals surface area contributed by atoms with Gasteiger partial charge < -0.3 is 19.3 Å². The molecule has 0 amide bonds. The van der Waals surface area contributed by atoms with Gasteiger partial charge >= 0.3 is 0 Å². The fraction of sp³-hybridized carbons (Fsp3) is 0.0526. The van der Waals surface area contributed by atoms with Crippen molar-refractivity contribution >= 4 is 45.8 Å². The summed E-state index contributed by atoms with van der Waals surface area (Å²) in [4.78, 5) is 0. The molecule has 0 radical (unpaired) electrons. The number of ether oxygens (including phenoxy) is 3. The molecule has 0 saturated heterocycles. The summed E-state index contributed by atoms with van der Waals surface area (Å²) in [5, 5.41) is 14.0. The molecule has 0 saturated carbocycles. The van der Waals surface area contributed by atoms with Crippen LogP contribution in [0.1, 0.15) is 22.3 Å². The first kappa shape index (κ1) is 25.5. The SMILES string of the molecule is COc1ccc(/C=C\c2ccc3c4c(ccc3c2)OCOc2ccc3cc(/C=C\c5ccc(O)cc5)ccc3c2-4)cc1. The van der Waals surface area contributed by atoms with Gasteiger partial charge in [0.25, 0.3) is 0 Å². The zero-order chi connectivity index (χ0) is 28.5. The number of phenolic OH excluding ortho intramolecular Hbond substituents is 1. The van der Waals surface area contributed by atoms with Crippen molar-refractivity contribution in [2.45, 2.75) is 0 Å². The normalized spacial score (nSPS) is 12.6. The highest BCUT2D eigenvalue weighted by molar-refractivity contribution is 6.10. The summed E-state index contributed by atoms with van der Waals surface area (Å²) >= 11 is 0. The van der Waals surface area contributed by atoms with Crippen LogP contribution in [0.3, 0.4) is 0 Å². The second-order valence-corrected chi connectivity index (χ2v) is 10.3. The molecule has 6 aromatic rings. The van der Waals surface area contributed by atoms with Crippen molar-refractivity contribution in [1.82, 2.24) is 0 Å². The Morgan fingerprint density at radius 1 is 0.548 bits per heavy atom. The lowest BCUT2D eigenvalue weighted by Crippen LogP contribution is -2.03. The number of phenols is 1. The van der Waals surface area contributed by atoms with Crippen LogP contribution in [-0.4, -0.2) is 19.0 Å². The van der Waals surface area contributed by atoms with E-state index in [0.29, 0.717) is 0 Å². The lowest BCUT2D eigenvalue weighted by atomic mass is 9.91. The van der Waals surface area contributed by atoms with Crippen LogP contribution < -0.4 is 14.2 Å². The molecule has 4 nitrogen and oxygen atoms in total. The van der Waals surface area contributed by atoms with Crippen LogP contribution in [0.2, 0.25) is 0 Å². The first-order chi connectivity index (χ1) is 20.6. The number of rotatable bonds is 5. The standard InChI is InChI=1S/C38H28O4/c1-40-32-16-8-26(9-17-32)3-5-28-11-19-34-30(23-28)13-21-36-38(34)37-33-18-10-27(4-2-25-6-14-31(39)15-7-25)22-29(33)12-20-35(37)41-24-42-36/h2-23,39H,24H2,1H3/b4-2-,5-3-. The predicted molar refractivity (Wildman–Crippen MR) is 172 cm³/mol. The first-order valence-electron chi connectivity index (χ1n) is 13.8. The molecule has 0 aromatic heterocycles. The molecule has 1 heterocycles. The minimum atomic E-state index is 0.160. The molecule has 1 aliphatic rings. The second-order valence-electron chi connectivity index (χ2n) is 10.3. The van der Waals surface area contributed by atoms with E-state index in [1.807, 2.05) is 54.6 Å². The zero-order valence-electron chi connectivity index (χ0n) is 23.1. The third-order valence-electron chi connectivity index (χ3n) is 7.64. The molecule has 1 aliphatic heterocycles. The van der Waals surface area contributed by atoms with E-state index in [1.54, 1.807) is 19.2 Å². The lowest BCUT2D eigenvalue weighted by Gasteiger charge is -2.14. The number of hydrogen-bond acceptors (Lipinski definition) is 4. The number of hydrogen-bond donors (Lipinski definition) is 1. The van der Waals surface area contributed by atoms with Gasteiger partial charge in [-0.3, -0.25) is 0 Å². The fourth-order valence-electron chi connectivity index (χ4n) is 5.46. The highest BCUT2D eigenvalue weighted by Crippen LogP contribution is 2.47. The number of benzene rings is 6. The van der Waals surface area contributed by atoms with E-state index in [4.69, 9.17) is 14.2 Å². The number of methoxy groups -OCH3 is 1. The van der Waals surface area contributed by atoms with Crippen molar-refractivity contribution < 1.29 is 19.3 Å². The zero-order valence-corrected chi connectivity index (χ0v) is 23.1. The van der Waals surface area contributed by atoms with E-state index >= 15 is 0 Å². The molecule has 1 N–H and O–H groups in total. The summed E-state index contributed by atoms with van der Waals surface area (Å²) in [6, 6.07) is 36.5. The Bertz CT molecular complexity index is 1980. The largest absolute Gasteiger partial charge is 0.508 e. The van der Waals surface area contributed by atoms with E-state index < -0.39 is 0 Å². The van der Waals surface area contributed by atoms with Gasteiger partial charge in [0, 0.05) is 11.1 Å². The highest BCUT2D eigenvalue weighted by Gasteiger charge is 2.22. The van der Waals surface area contributed by atoms with Gasteiger partial charge in [0.15, 0.2) is 0 Å². The van der Waals surface area contributed by atoms with E-state index in [2.05, 4.69) is 66.8 Å². The molecular formula is C38H28O4. The Morgan fingerprint density at radius 3 is 1.50 bits per heavy atom.